The lowest BCUT2D eigenvalue weighted by atomic mass is 10.0. The van der Waals surface area contributed by atoms with Crippen molar-refractivity contribution in [2.24, 2.45) is 0 Å². The molecule has 0 saturated carbocycles. The number of nitrogens with zero attached hydrogens (tertiary/aromatic N) is 2. The van der Waals surface area contributed by atoms with E-state index in [0.29, 0.717) is 24.5 Å². The van der Waals surface area contributed by atoms with E-state index in [1.165, 1.54) is 0 Å². The number of methoxy groups -OCH3 is 1. The minimum Gasteiger partial charge on any atom is -0.496 e. The second-order valence-corrected chi connectivity index (χ2v) is 4.58. The minimum absolute atomic E-state index is 0.249. The molecule has 2 N–H and O–H groups in total. The molecular formula is C13H15N3O3. The van der Waals surface area contributed by atoms with Crippen molar-refractivity contribution in [2.45, 2.75) is 12.0 Å². The molecule has 0 radical (unpaired) electrons. The lowest BCUT2D eigenvalue weighted by Gasteiger charge is -2.14. The zero-order chi connectivity index (χ0) is 13.3. The summed E-state index contributed by atoms with van der Waals surface area (Å²) in [7, 11) is 1.59. The molecule has 1 aromatic carbocycles. The van der Waals surface area contributed by atoms with Crippen LogP contribution in [0.1, 0.15) is 12.3 Å². The third kappa shape index (κ3) is 2.09. The predicted molar refractivity (Wildman–Crippen MR) is 67.7 cm³/mol. The standard InChI is InChI=1S/C13H15N3O3/c1-18-10-5-3-2-4-9(10)11-15-12(19-16-11)13(17)6-7-14-8-13/h2-5,14,17H,6-8H2,1H3. The summed E-state index contributed by atoms with van der Waals surface area (Å²) in [5, 5.41) is 17.4. The first kappa shape index (κ1) is 12.1. The molecule has 19 heavy (non-hydrogen) atoms. The third-order valence-electron chi connectivity index (χ3n) is 3.30. The Morgan fingerprint density at radius 1 is 1.42 bits per heavy atom. The van der Waals surface area contributed by atoms with Gasteiger partial charge in [0.2, 0.25) is 5.82 Å². The average Bonchev–Trinajstić information content (AvgIpc) is 3.08. The fraction of sp³-hybridized carbons (Fsp3) is 0.385. The fourth-order valence-corrected chi connectivity index (χ4v) is 2.21. The molecule has 6 nitrogen and oxygen atoms in total. The van der Waals surface area contributed by atoms with Crippen molar-refractivity contribution in [1.82, 2.24) is 15.5 Å². The van der Waals surface area contributed by atoms with Gasteiger partial charge < -0.3 is 19.7 Å². The van der Waals surface area contributed by atoms with E-state index in [1.54, 1.807) is 7.11 Å². The molecule has 1 aromatic heterocycles. The van der Waals surface area contributed by atoms with E-state index in [-0.39, 0.29) is 5.89 Å². The lowest BCUT2D eigenvalue weighted by Crippen LogP contribution is -2.28. The average molecular weight is 261 g/mol. The Labute approximate surface area is 110 Å². The molecule has 0 aliphatic carbocycles. The van der Waals surface area contributed by atoms with Gasteiger partial charge in [0, 0.05) is 6.54 Å². The smallest absolute Gasteiger partial charge is 0.260 e. The molecule has 6 heteroatoms. The van der Waals surface area contributed by atoms with Crippen molar-refractivity contribution >= 4 is 0 Å². The molecule has 0 bridgehead atoms. The first-order chi connectivity index (χ1) is 9.23. The summed E-state index contributed by atoms with van der Waals surface area (Å²) < 4.78 is 10.5. The summed E-state index contributed by atoms with van der Waals surface area (Å²) in [6.45, 7) is 1.17. The highest BCUT2D eigenvalue weighted by molar-refractivity contribution is 5.63. The number of benzene rings is 1. The molecule has 1 unspecified atom stereocenters. The monoisotopic (exact) mass is 261 g/mol. The Balaban J connectivity index is 1.97. The predicted octanol–water partition coefficient (Wildman–Crippen LogP) is 0.926. The van der Waals surface area contributed by atoms with Crippen LogP contribution in [0, 0.1) is 0 Å². The first-order valence-corrected chi connectivity index (χ1v) is 6.14. The molecule has 1 fully saturated rings. The van der Waals surface area contributed by atoms with E-state index in [1.807, 2.05) is 24.3 Å². The Morgan fingerprint density at radius 2 is 2.26 bits per heavy atom. The number of hydrogen-bond donors (Lipinski definition) is 2. The van der Waals surface area contributed by atoms with Gasteiger partial charge in [-0.15, -0.1) is 0 Å². The van der Waals surface area contributed by atoms with Gasteiger partial charge in [-0.3, -0.25) is 0 Å². The molecular weight excluding hydrogens is 246 g/mol. The first-order valence-electron chi connectivity index (χ1n) is 6.14. The number of hydrogen-bond acceptors (Lipinski definition) is 6. The quantitative estimate of drug-likeness (QED) is 0.855. The van der Waals surface area contributed by atoms with Gasteiger partial charge in [0.25, 0.3) is 5.89 Å². The van der Waals surface area contributed by atoms with Crippen molar-refractivity contribution in [3.05, 3.63) is 30.2 Å². The second kappa shape index (κ2) is 4.64. The maximum atomic E-state index is 10.4. The van der Waals surface area contributed by atoms with E-state index < -0.39 is 5.60 Å². The van der Waals surface area contributed by atoms with Crippen LogP contribution in [0.4, 0.5) is 0 Å². The van der Waals surface area contributed by atoms with Gasteiger partial charge in [0.1, 0.15) is 5.75 Å². The van der Waals surface area contributed by atoms with Crippen molar-refractivity contribution < 1.29 is 14.4 Å². The number of rotatable bonds is 3. The molecule has 0 spiro atoms. The van der Waals surface area contributed by atoms with Crippen LogP contribution in [0.3, 0.4) is 0 Å². The Kier molecular flexibility index (Phi) is 2.96. The van der Waals surface area contributed by atoms with Crippen LogP contribution in [-0.4, -0.2) is 35.4 Å². The number of aromatic nitrogens is 2. The molecule has 1 saturated heterocycles. The summed E-state index contributed by atoms with van der Waals surface area (Å²) in [5.74, 6) is 1.34. The van der Waals surface area contributed by atoms with Gasteiger partial charge >= 0.3 is 0 Å². The van der Waals surface area contributed by atoms with Crippen LogP contribution in [0.25, 0.3) is 11.4 Å². The highest BCUT2D eigenvalue weighted by Crippen LogP contribution is 2.31. The summed E-state index contributed by atoms with van der Waals surface area (Å²) in [6.07, 6.45) is 0.570. The van der Waals surface area contributed by atoms with Crippen LogP contribution < -0.4 is 10.1 Å². The largest absolute Gasteiger partial charge is 0.496 e. The Bertz CT molecular complexity index is 576. The van der Waals surface area contributed by atoms with Gasteiger partial charge in [-0.1, -0.05) is 17.3 Å². The number of β-amino-alcohol motifs (C(OH)–C–C–N with tert-alkyl or cyclic N) is 1. The highest BCUT2D eigenvalue weighted by atomic mass is 16.5. The van der Waals surface area contributed by atoms with Crippen LogP contribution >= 0.6 is 0 Å². The topological polar surface area (TPSA) is 80.4 Å². The summed E-state index contributed by atoms with van der Waals surface area (Å²) in [5.41, 5.74) is -0.317. The van der Waals surface area contributed by atoms with E-state index in [0.717, 1.165) is 12.1 Å². The van der Waals surface area contributed by atoms with Crippen LogP contribution in [0.2, 0.25) is 0 Å². The molecule has 1 aliphatic rings. The van der Waals surface area contributed by atoms with Gasteiger partial charge in [0.15, 0.2) is 5.60 Å². The molecule has 1 aliphatic heterocycles. The third-order valence-corrected chi connectivity index (χ3v) is 3.30. The summed E-state index contributed by atoms with van der Waals surface area (Å²) >= 11 is 0. The van der Waals surface area contributed by atoms with E-state index in [4.69, 9.17) is 9.26 Å². The summed E-state index contributed by atoms with van der Waals surface area (Å²) in [4.78, 5) is 4.30. The van der Waals surface area contributed by atoms with Crippen molar-refractivity contribution in [2.75, 3.05) is 20.2 Å². The fourth-order valence-electron chi connectivity index (χ4n) is 2.21. The minimum atomic E-state index is -1.06. The van der Waals surface area contributed by atoms with Gasteiger partial charge in [-0.2, -0.15) is 4.98 Å². The van der Waals surface area contributed by atoms with Gasteiger partial charge in [0.05, 0.1) is 12.7 Å². The molecule has 2 heterocycles. The summed E-state index contributed by atoms with van der Waals surface area (Å²) in [6, 6.07) is 7.43. The Hall–Kier alpha value is -1.92. The lowest BCUT2D eigenvalue weighted by molar-refractivity contribution is 0.0243. The Morgan fingerprint density at radius 3 is 3.00 bits per heavy atom. The molecule has 3 rings (SSSR count). The van der Waals surface area contributed by atoms with E-state index >= 15 is 0 Å². The molecule has 100 valence electrons. The molecule has 1 atom stereocenters. The number of para-hydroxylation sites is 1. The molecule has 2 aromatic rings. The van der Waals surface area contributed by atoms with Crippen LogP contribution in [0.15, 0.2) is 28.8 Å². The SMILES string of the molecule is COc1ccccc1-c1noc(C2(O)CCNC2)n1. The van der Waals surface area contributed by atoms with Crippen molar-refractivity contribution in [3.63, 3.8) is 0 Å². The zero-order valence-electron chi connectivity index (χ0n) is 10.6. The normalized spacial score (nSPS) is 22.6. The van der Waals surface area contributed by atoms with Gasteiger partial charge in [-0.25, -0.2) is 0 Å². The highest BCUT2D eigenvalue weighted by Gasteiger charge is 2.38. The maximum absolute atomic E-state index is 10.4. The van der Waals surface area contributed by atoms with Gasteiger partial charge in [-0.05, 0) is 25.1 Å². The maximum Gasteiger partial charge on any atom is 0.260 e. The zero-order valence-corrected chi connectivity index (χ0v) is 10.6. The van der Waals surface area contributed by atoms with Crippen molar-refractivity contribution in [3.8, 4) is 17.1 Å². The van der Waals surface area contributed by atoms with Crippen molar-refractivity contribution in [1.29, 1.82) is 0 Å². The van der Waals surface area contributed by atoms with E-state index in [9.17, 15) is 5.11 Å². The van der Waals surface area contributed by atoms with Crippen LogP contribution in [-0.2, 0) is 5.60 Å². The number of nitrogens with one attached hydrogen (secondary N) is 1. The second-order valence-electron chi connectivity index (χ2n) is 4.58. The number of ether oxygens (including phenoxy) is 1. The number of aliphatic hydroxyl groups is 1. The van der Waals surface area contributed by atoms with Crippen LogP contribution in [0.5, 0.6) is 5.75 Å². The van der Waals surface area contributed by atoms with E-state index in [2.05, 4.69) is 15.5 Å². The molecule has 0 amide bonds.